The second-order valence-electron chi connectivity index (χ2n) is 6.06. The summed E-state index contributed by atoms with van der Waals surface area (Å²) in [4.78, 5) is 15.5. The van der Waals surface area contributed by atoms with Crippen LogP contribution in [0.25, 0.3) is 0 Å². The molecule has 1 aromatic rings. The number of phenols is 1. The molecule has 1 heterocycles. The first kappa shape index (κ1) is 20.7. The molecular weight excluding hydrogens is 356 g/mol. The van der Waals surface area contributed by atoms with E-state index in [0.29, 0.717) is 55.9 Å². The minimum Gasteiger partial charge on any atom is -0.507 e. The lowest BCUT2D eigenvalue weighted by molar-refractivity contribution is -0.110. The van der Waals surface area contributed by atoms with Crippen LogP contribution in [0.1, 0.15) is 12.5 Å². The minimum atomic E-state index is -0.700. The zero-order chi connectivity index (χ0) is 18.8. The number of phenolic OH excluding ortho intramolecular Hbond substituents is 1. The van der Waals surface area contributed by atoms with Crippen molar-refractivity contribution in [3.05, 3.63) is 23.8 Å². The van der Waals surface area contributed by atoms with Crippen LogP contribution in [-0.2, 0) is 19.0 Å². The maximum atomic E-state index is 11.1. The van der Waals surface area contributed by atoms with E-state index in [2.05, 4.69) is 10.3 Å². The second kappa shape index (κ2) is 10.5. The van der Waals surface area contributed by atoms with E-state index in [4.69, 9.17) is 14.2 Å². The van der Waals surface area contributed by atoms with Gasteiger partial charge in [0.25, 0.3) is 0 Å². The molecule has 0 aliphatic carbocycles. The average Bonchev–Trinajstić information content (AvgIpc) is 3.03. The number of hydrogen-bond acceptors (Lipinski definition) is 8. The molecular formula is C18H26N2O5S. The molecule has 26 heavy (non-hydrogen) atoms. The number of ether oxygens (including phenoxy) is 3. The molecule has 0 fully saturated rings. The number of hydrogen-bond donors (Lipinski definition) is 2. The highest BCUT2D eigenvalue weighted by atomic mass is 32.2. The van der Waals surface area contributed by atoms with E-state index in [9.17, 15) is 9.90 Å². The molecule has 8 heteroatoms. The summed E-state index contributed by atoms with van der Waals surface area (Å²) in [6.07, 6.45) is 0.850. The van der Waals surface area contributed by atoms with Gasteiger partial charge < -0.3 is 29.4 Å². The first-order chi connectivity index (χ1) is 12.6. The molecule has 1 aromatic carbocycles. The first-order valence-electron chi connectivity index (χ1n) is 8.48. The number of carbonyl (C=O) groups excluding carboxylic acids is 1. The summed E-state index contributed by atoms with van der Waals surface area (Å²) in [5, 5.41) is 14.1. The Bertz CT molecular complexity index is 626. The van der Waals surface area contributed by atoms with Gasteiger partial charge in [0, 0.05) is 36.7 Å². The normalized spacial score (nSPS) is 19.4. The number of thioether (sulfide) groups is 1. The topological polar surface area (TPSA) is 89.4 Å². The number of nitrogens with one attached hydrogen (secondary N) is 1. The summed E-state index contributed by atoms with van der Waals surface area (Å²) in [6, 6.07) is 5.34. The lowest BCUT2D eigenvalue weighted by Crippen LogP contribution is -2.23. The summed E-state index contributed by atoms with van der Waals surface area (Å²) in [5.74, 6) is 0.737. The van der Waals surface area contributed by atoms with Gasteiger partial charge in [-0.25, -0.2) is 0 Å². The lowest BCUT2D eigenvalue weighted by Gasteiger charge is -2.10. The SMILES string of the molecule is COCCOCCOCCNc1ccc(C2=N[C@@](C)(C=O)CS2)c(O)c1. The van der Waals surface area contributed by atoms with Crippen molar-refractivity contribution in [1.82, 2.24) is 0 Å². The molecule has 1 aliphatic rings. The van der Waals surface area contributed by atoms with Crippen LogP contribution in [0, 0.1) is 0 Å². The Labute approximate surface area is 158 Å². The third-order valence-electron chi connectivity index (χ3n) is 3.72. The fraction of sp³-hybridized carbons (Fsp3) is 0.556. The number of aldehydes is 1. The molecule has 0 saturated heterocycles. The highest BCUT2D eigenvalue weighted by Gasteiger charge is 2.31. The number of methoxy groups -OCH3 is 1. The Kier molecular flexibility index (Phi) is 8.37. The maximum absolute atomic E-state index is 11.1. The van der Waals surface area contributed by atoms with Crippen molar-refractivity contribution >= 4 is 28.8 Å². The minimum absolute atomic E-state index is 0.142. The zero-order valence-corrected chi connectivity index (χ0v) is 16.0. The van der Waals surface area contributed by atoms with Gasteiger partial charge in [0.15, 0.2) is 0 Å². The third kappa shape index (κ3) is 6.28. The smallest absolute Gasteiger partial charge is 0.148 e. The predicted octanol–water partition coefficient (Wildman–Crippen LogP) is 1.93. The van der Waals surface area contributed by atoms with Crippen molar-refractivity contribution in [2.45, 2.75) is 12.5 Å². The second-order valence-corrected chi connectivity index (χ2v) is 7.02. The van der Waals surface area contributed by atoms with Gasteiger partial charge in [-0.3, -0.25) is 4.99 Å². The van der Waals surface area contributed by atoms with Crippen LogP contribution < -0.4 is 5.32 Å². The molecule has 0 bridgehead atoms. The molecule has 7 nitrogen and oxygen atoms in total. The fourth-order valence-corrected chi connectivity index (χ4v) is 3.43. The van der Waals surface area contributed by atoms with Crippen molar-refractivity contribution in [1.29, 1.82) is 0 Å². The molecule has 0 aromatic heterocycles. The number of benzene rings is 1. The zero-order valence-electron chi connectivity index (χ0n) is 15.2. The number of anilines is 1. The van der Waals surface area contributed by atoms with E-state index in [0.717, 1.165) is 12.0 Å². The molecule has 144 valence electrons. The number of carbonyl (C=O) groups is 1. The third-order valence-corrected chi connectivity index (χ3v) is 5.03. The monoisotopic (exact) mass is 382 g/mol. The molecule has 0 unspecified atom stereocenters. The van der Waals surface area contributed by atoms with Crippen LogP contribution in [-0.4, -0.2) is 74.4 Å². The van der Waals surface area contributed by atoms with Crippen molar-refractivity contribution < 1.29 is 24.1 Å². The van der Waals surface area contributed by atoms with Crippen molar-refractivity contribution in [2.75, 3.05) is 57.8 Å². The van der Waals surface area contributed by atoms with E-state index in [-0.39, 0.29) is 5.75 Å². The summed E-state index contributed by atoms with van der Waals surface area (Å²) in [6.45, 7) is 5.17. The average molecular weight is 382 g/mol. The molecule has 1 atom stereocenters. The van der Waals surface area contributed by atoms with Gasteiger partial charge in [-0.1, -0.05) is 0 Å². The van der Waals surface area contributed by atoms with Gasteiger partial charge in [0.2, 0.25) is 0 Å². The van der Waals surface area contributed by atoms with Crippen molar-refractivity contribution in [3.8, 4) is 5.75 Å². The van der Waals surface area contributed by atoms with E-state index >= 15 is 0 Å². The van der Waals surface area contributed by atoms with Crippen LogP contribution in [0.5, 0.6) is 5.75 Å². The first-order valence-corrected chi connectivity index (χ1v) is 9.47. The lowest BCUT2D eigenvalue weighted by atomic mass is 10.1. The van der Waals surface area contributed by atoms with Gasteiger partial charge in [-0.2, -0.15) is 0 Å². The number of aromatic hydroxyl groups is 1. The Morgan fingerprint density at radius 1 is 1.27 bits per heavy atom. The summed E-state index contributed by atoms with van der Waals surface area (Å²) < 4.78 is 15.6. The van der Waals surface area contributed by atoms with Crippen LogP contribution in [0.15, 0.2) is 23.2 Å². The molecule has 0 radical (unpaired) electrons. The van der Waals surface area contributed by atoms with Crippen molar-refractivity contribution in [2.24, 2.45) is 4.99 Å². The van der Waals surface area contributed by atoms with Gasteiger partial charge in [-0.05, 0) is 19.1 Å². The molecule has 2 rings (SSSR count). The van der Waals surface area contributed by atoms with E-state index in [1.54, 1.807) is 20.1 Å². The highest BCUT2D eigenvalue weighted by Crippen LogP contribution is 2.33. The van der Waals surface area contributed by atoms with E-state index in [1.165, 1.54) is 11.8 Å². The molecule has 0 amide bonds. The van der Waals surface area contributed by atoms with Gasteiger partial charge in [0.05, 0.1) is 33.0 Å². The maximum Gasteiger partial charge on any atom is 0.148 e. The van der Waals surface area contributed by atoms with Gasteiger partial charge in [0.1, 0.15) is 22.6 Å². The van der Waals surface area contributed by atoms with Crippen molar-refractivity contribution in [3.63, 3.8) is 0 Å². The van der Waals surface area contributed by atoms with E-state index < -0.39 is 5.54 Å². The Hall–Kier alpha value is -1.61. The molecule has 0 spiro atoms. The van der Waals surface area contributed by atoms with Crippen LogP contribution in [0.4, 0.5) is 5.69 Å². The number of rotatable bonds is 12. The summed E-state index contributed by atoms with van der Waals surface area (Å²) >= 11 is 1.48. The molecule has 1 aliphatic heterocycles. The summed E-state index contributed by atoms with van der Waals surface area (Å²) in [5.41, 5.74) is 0.747. The van der Waals surface area contributed by atoms with Crippen LogP contribution in [0.3, 0.4) is 0 Å². The van der Waals surface area contributed by atoms with Crippen LogP contribution in [0.2, 0.25) is 0 Å². The Morgan fingerprint density at radius 3 is 2.65 bits per heavy atom. The standard InChI is InChI=1S/C18H26N2O5S/c1-18(12-21)13-26-17(20-18)15-4-3-14(11-16(15)22)19-5-6-24-9-10-25-8-7-23-2/h3-4,11-12,19,22H,5-10,13H2,1-2H3/t18-/m0/s1. The highest BCUT2D eigenvalue weighted by molar-refractivity contribution is 8.14. The Balaban J connectivity index is 1.73. The molecule has 2 N–H and O–H groups in total. The largest absolute Gasteiger partial charge is 0.507 e. The van der Waals surface area contributed by atoms with Crippen LogP contribution >= 0.6 is 11.8 Å². The molecule has 0 saturated carbocycles. The fourth-order valence-electron chi connectivity index (χ4n) is 2.26. The predicted molar refractivity (Wildman–Crippen MR) is 104 cm³/mol. The summed E-state index contributed by atoms with van der Waals surface area (Å²) in [7, 11) is 1.64. The number of aliphatic imine (C=N–C) groups is 1. The number of nitrogens with zero attached hydrogens (tertiary/aromatic N) is 1. The quantitative estimate of drug-likeness (QED) is 0.422. The van der Waals surface area contributed by atoms with E-state index in [1.807, 2.05) is 12.1 Å². The van der Waals surface area contributed by atoms with Gasteiger partial charge >= 0.3 is 0 Å². The Morgan fingerprint density at radius 2 is 2.00 bits per heavy atom. The van der Waals surface area contributed by atoms with Gasteiger partial charge in [-0.15, -0.1) is 11.8 Å².